The fourth-order valence-corrected chi connectivity index (χ4v) is 0.914. The Morgan fingerprint density at radius 2 is 1.69 bits per heavy atom. The molecule has 0 aliphatic heterocycles. The Morgan fingerprint density at radius 1 is 1.00 bits per heavy atom. The molecule has 0 atom stereocenters. The van der Waals surface area contributed by atoms with Gasteiger partial charge in [-0.15, -0.1) is 0 Å². The molecule has 0 fully saturated rings. The first-order valence-electron chi connectivity index (χ1n) is 3.84. The molecular weight excluding hydrogens is 164 g/mol. The fraction of sp³-hybridized carbons (Fsp3) is 0. The number of hydrogen-bond acceptors (Lipinski definition) is 3. The Bertz CT molecular complexity index is 324. The first-order valence-corrected chi connectivity index (χ1v) is 3.84. The first-order chi connectivity index (χ1) is 6.45. The lowest BCUT2D eigenvalue weighted by Gasteiger charge is -2.02. The van der Waals surface area contributed by atoms with Gasteiger partial charge in [0.2, 0.25) is 0 Å². The summed E-state index contributed by atoms with van der Waals surface area (Å²) in [5, 5.41) is 0. The van der Waals surface area contributed by atoms with E-state index < -0.39 is 0 Å². The molecule has 0 bridgehead atoms. The highest BCUT2D eigenvalue weighted by Crippen LogP contribution is 2.17. The van der Waals surface area contributed by atoms with Gasteiger partial charge in [-0.25, -0.2) is 9.97 Å². The number of ether oxygens (including phenoxy) is 1. The molecule has 1 radical (unpaired) electrons. The molecule has 13 heavy (non-hydrogen) atoms. The van der Waals surface area contributed by atoms with Crippen LogP contribution in [-0.2, 0) is 0 Å². The van der Waals surface area contributed by atoms with Crippen LogP contribution in [0.2, 0.25) is 0 Å². The average Bonchev–Trinajstić information content (AvgIpc) is 2.21. The number of nitrogens with zero attached hydrogens (tertiary/aromatic N) is 2. The van der Waals surface area contributed by atoms with Crippen LogP contribution < -0.4 is 4.74 Å². The third kappa shape index (κ3) is 2.02. The normalized spacial score (nSPS) is 9.54. The van der Waals surface area contributed by atoms with Crippen LogP contribution in [0.3, 0.4) is 0 Å². The molecule has 0 saturated carbocycles. The van der Waals surface area contributed by atoms with E-state index in [1.807, 2.05) is 12.1 Å². The summed E-state index contributed by atoms with van der Waals surface area (Å²) < 4.78 is 5.43. The van der Waals surface area contributed by atoms with E-state index in [1.54, 1.807) is 24.5 Å². The smallest absolute Gasteiger partial charge is 0.163 e. The van der Waals surface area contributed by atoms with E-state index in [1.165, 1.54) is 6.33 Å². The molecule has 0 amide bonds. The van der Waals surface area contributed by atoms with Crippen LogP contribution in [0.25, 0.3) is 0 Å². The molecule has 2 rings (SSSR count). The van der Waals surface area contributed by atoms with E-state index in [4.69, 9.17) is 4.74 Å². The lowest BCUT2D eigenvalue weighted by atomic mass is 10.3. The minimum absolute atomic E-state index is 0.633. The van der Waals surface area contributed by atoms with Crippen molar-refractivity contribution in [2.45, 2.75) is 0 Å². The fourth-order valence-electron chi connectivity index (χ4n) is 0.914. The second kappa shape index (κ2) is 3.67. The maximum Gasteiger partial charge on any atom is 0.163 e. The molecule has 0 aliphatic carbocycles. The third-order valence-electron chi connectivity index (χ3n) is 1.46. The summed E-state index contributed by atoms with van der Waals surface area (Å²) in [7, 11) is 0. The van der Waals surface area contributed by atoms with Crippen LogP contribution in [0.5, 0.6) is 11.5 Å². The van der Waals surface area contributed by atoms with Gasteiger partial charge in [-0.2, -0.15) is 0 Å². The Morgan fingerprint density at radius 3 is 2.38 bits per heavy atom. The molecule has 0 aliphatic rings. The maximum atomic E-state index is 5.43. The number of benzene rings is 1. The van der Waals surface area contributed by atoms with Crippen LogP contribution in [0.1, 0.15) is 0 Å². The predicted octanol–water partition coefficient (Wildman–Crippen LogP) is 2.07. The summed E-state index contributed by atoms with van der Waals surface area (Å²) in [5.74, 6) is 1.39. The SMILES string of the molecule is [c]1ccc(Oc2cncnc2)cc1. The zero-order valence-electron chi connectivity index (χ0n) is 6.84. The quantitative estimate of drug-likeness (QED) is 0.693. The summed E-state index contributed by atoms with van der Waals surface area (Å²) in [5.41, 5.74) is 0. The molecule has 0 unspecified atom stereocenters. The van der Waals surface area contributed by atoms with Crippen LogP contribution in [0.15, 0.2) is 43.0 Å². The molecular formula is C10H7N2O. The van der Waals surface area contributed by atoms with E-state index in [0.29, 0.717) is 5.75 Å². The van der Waals surface area contributed by atoms with Crippen molar-refractivity contribution in [3.8, 4) is 11.5 Å². The molecule has 3 nitrogen and oxygen atoms in total. The van der Waals surface area contributed by atoms with Crippen molar-refractivity contribution in [1.82, 2.24) is 9.97 Å². The van der Waals surface area contributed by atoms with Crippen molar-refractivity contribution >= 4 is 0 Å². The minimum atomic E-state index is 0.633. The standard InChI is InChI=1S/C10H7N2O/c1-2-4-9(5-3-1)13-10-6-11-8-12-7-10/h2-8H. The van der Waals surface area contributed by atoms with Gasteiger partial charge in [-0.3, -0.25) is 0 Å². The summed E-state index contributed by atoms with van der Waals surface area (Å²) in [6, 6.07) is 10.1. The molecule has 1 aromatic heterocycles. The van der Waals surface area contributed by atoms with Gasteiger partial charge in [0.1, 0.15) is 12.1 Å². The van der Waals surface area contributed by atoms with Crippen molar-refractivity contribution in [3.63, 3.8) is 0 Å². The molecule has 1 aromatic carbocycles. The van der Waals surface area contributed by atoms with Crippen LogP contribution in [0, 0.1) is 6.07 Å². The summed E-state index contributed by atoms with van der Waals surface area (Å²) in [6.45, 7) is 0. The van der Waals surface area contributed by atoms with Gasteiger partial charge in [0.15, 0.2) is 5.75 Å². The second-order valence-electron chi connectivity index (χ2n) is 2.41. The van der Waals surface area contributed by atoms with Gasteiger partial charge >= 0.3 is 0 Å². The highest BCUT2D eigenvalue weighted by atomic mass is 16.5. The Balaban J connectivity index is 2.16. The van der Waals surface area contributed by atoms with Gasteiger partial charge in [-0.1, -0.05) is 12.1 Å². The molecule has 0 N–H and O–H groups in total. The van der Waals surface area contributed by atoms with E-state index >= 15 is 0 Å². The highest BCUT2D eigenvalue weighted by molar-refractivity contribution is 5.26. The Hall–Kier alpha value is -1.90. The van der Waals surface area contributed by atoms with Crippen LogP contribution >= 0.6 is 0 Å². The molecule has 3 heteroatoms. The topological polar surface area (TPSA) is 35.0 Å². The van der Waals surface area contributed by atoms with Crippen LogP contribution in [-0.4, -0.2) is 9.97 Å². The highest BCUT2D eigenvalue weighted by Gasteiger charge is 1.94. The lowest BCUT2D eigenvalue weighted by molar-refractivity contribution is 0.477. The van der Waals surface area contributed by atoms with Crippen molar-refractivity contribution < 1.29 is 4.74 Å². The first kappa shape index (κ1) is 7.73. The van der Waals surface area contributed by atoms with Crippen molar-refractivity contribution in [3.05, 3.63) is 49.1 Å². The number of hydrogen-bond donors (Lipinski definition) is 0. The lowest BCUT2D eigenvalue weighted by Crippen LogP contribution is -1.85. The number of rotatable bonds is 2. The predicted molar refractivity (Wildman–Crippen MR) is 47.4 cm³/mol. The molecule has 1 heterocycles. The van der Waals surface area contributed by atoms with E-state index in [2.05, 4.69) is 16.0 Å². The summed E-state index contributed by atoms with van der Waals surface area (Å²) in [6.07, 6.45) is 4.69. The van der Waals surface area contributed by atoms with Crippen molar-refractivity contribution in [1.29, 1.82) is 0 Å². The maximum absolute atomic E-state index is 5.43. The molecule has 2 aromatic rings. The van der Waals surface area contributed by atoms with Gasteiger partial charge in [0.05, 0.1) is 12.4 Å². The minimum Gasteiger partial charge on any atom is -0.454 e. The summed E-state index contributed by atoms with van der Waals surface area (Å²) in [4.78, 5) is 7.67. The molecule has 0 spiro atoms. The largest absolute Gasteiger partial charge is 0.454 e. The van der Waals surface area contributed by atoms with Crippen LogP contribution in [0.4, 0.5) is 0 Å². The van der Waals surface area contributed by atoms with Crippen molar-refractivity contribution in [2.24, 2.45) is 0 Å². The van der Waals surface area contributed by atoms with Gasteiger partial charge in [0.25, 0.3) is 0 Å². The monoisotopic (exact) mass is 171 g/mol. The van der Waals surface area contributed by atoms with E-state index in [-0.39, 0.29) is 0 Å². The second-order valence-corrected chi connectivity index (χ2v) is 2.41. The molecule has 0 saturated heterocycles. The summed E-state index contributed by atoms with van der Waals surface area (Å²) >= 11 is 0. The van der Waals surface area contributed by atoms with E-state index in [9.17, 15) is 0 Å². The molecule has 63 valence electrons. The Kier molecular flexibility index (Phi) is 2.18. The number of aromatic nitrogens is 2. The third-order valence-corrected chi connectivity index (χ3v) is 1.46. The van der Waals surface area contributed by atoms with Gasteiger partial charge in [0, 0.05) is 0 Å². The zero-order chi connectivity index (χ0) is 8.93. The van der Waals surface area contributed by atoms with Crippen molar-refractivity contribution in [2.75, 3.05) is 0 Å². The van der Waals surface area contributed by atoms with E-state index in [0.717, 1.165) is 5.75 Å². The average molecular weight is 171 g/mol. The Labute approximate surface area is 76.0 Å². The zero-order valence-corrected chi connectivity index (χ0v) is 6.84. The van der Waals surface area contributed by atoms with Gasteiger partial charge in [-0.05, 0) is 18.2 Å². The van der Waals surface area contributed by atoms with Gasteiger partial charge < -0.3 is 4.74 Å².